The number of hydrogen-bond acceptors (Lipinski definition) is 3. The Morgan fingerprint density at radius 3 is 2.62 bits per heavy atom. The second-order valence-corrected chi connectivity index (χ2v) is 9.40. The summed E-state index contributed by atoms with van der Waals surface area (Å²) in [5.41, 5.74) is 3.51. The quantitative estimate of drug-likeness (QED) is 0.657. The van der Waals surface area contributed by atoms with Gasteiger partial charge in [0.15, 0.2) is 0 Å². The second kappa shape index (κ2) is 6.66. The van der Waals surface area contributed by atoms with E-state index in [-0.39, 0.29) is 11.3 Å². The number of carboxylic acid groups (broad SMARTS) is 1. The molecule has 0 radical (unpaired) electrons. The molecule has 0 bridgehead atoms. The molecule has 3 atom stereocenters. The van der Waals surface area contributed by atoms with Gasteiger partial charge in [0.2, 0.25) is 0 Å². The van der Waals surface area contributed by atoms with Gasteiger partial charge < -0.3 is 9.94 Å². The van der Waals surface area contributed by atoms with Crippen LogP contribution in [0.5, 0.6) is 0 Å². The lowest BCUT2D eigenvalue weighted by molar-refractivity contribution is -0.156. The molecular formula is C21H28BrNO3. The third kappa shape index (κ3) is 2.79. The third-order valence-electron chi connectivity index (χ3n) is 6.70. The molecule has 1 saturated carbocycles. The number of nitrogens with zero attached hydrogens (tertiary/aromatic N) is 1. The van der Waals surface area contributed by atoms with Crippen molar-refractivity contribution in [3.05, 3.63) is 33.3 Å². The van der Waals surface area contributed by atoms with Crippen LogP contribution in [0.25, 0.3) is 0 Å². The summed E-state index contributed by atoms with van der Waals surface area (Å²) in [6.45, 7) is 8.50. The normalized spacial score (nSPS) is 32.3. The molecule has 3 rings (SSSR count). The highest BCUT2D eigenvalue weighted by atomic mass is 79.9. The monoisotopic (exact) mass is 421 g/mol. The molecule has 2 aliphatic rings. The highest BCUT2D eigenvalue weighted by molar-refractivity contribution is 9.10. The average Bonchev–Trinajstić information content (AvgIpc) is 2.56. The van der Waals surface area contributed by atoms with Crippen LogP contribution in [0.1, 0.15) is 76.0 Å². The van der Waals surface area contributed by atoms with Crippen LogP contribution in [0.2, 0.25) is 0 Å². The summed E-state index contributed by atoms with van der Waals surface area (Å²) in [6.07, 6.45) is 3.28. The van der Waals surface area contributed by atoms with E-state index < -0.39 is 11.4 Å². The van der Waals surface area contributed by atoms with Gasteiger partial charge in [-0.05, 0) is 66.7 Å². The Morgan fingerprint density at radius 1 is 1.35 bits per heavy atom. The first-order chi connectivity index (χ1) is 12.1. The van der Waals surface area contributed by atoms with Crippen LogP contribution in [0.15, 0.2) is 21.8 Å². The first kappa shape index (κ1) is 19.4. The molecule has 1 unspecified atom stereocenters. The number of aliphatic carboxylic acids is 1. The van der Waals surface area contributed by atoms with E-state index in [1.54, 1.807) is 7.11 Å². The minimum atomic E-state index is -0.748. The van der Waals surface area contributed by atoms with Gasteiger partial charge in [0.05, 0.1) is 11.1 Å². The third-order valence-corrected chi connectivity index (χ3v) is 7.39. The molecule has 26 heavy (non-hydrogen) atoms. The van der Waals surface area contributed by atoms with Crippen molar-refractivity contribution in [1.82, 2.24) is 0 Å². The van der Waals surface area contributed by atoms with Crippen LogP contribution in [0.4, 0.5) is 0 Å². The van der Waals surface area contributed by atoms with E-state index in [9.17, 15) is 9.90 Å². The number of halogens is 1. The van der Waals surface area contributed by atoms with Crippen molar-refractivity contribution in [2.45, 2.75) is 64.7 Å². The van der Waals surface area contributed by atoms with Gasteiger partial charge in [0.25, 0.3) is 0 Å². The van der Waals surface area contributed by atoms with Crippen molar-refractivity contribution in [1.29, 1.82) is 0 Å². The molecule has 1 aromatic carbocycles. The summed E-state index contributed by atoms with van der Waals surface area (Å²) < 4.78 is 1.09. The van der Waals surface area contributed by atoms with E-state index in [1.807, 2.05) is 6.92 Å². The van der Waals surface area contributed by atoms with Crippen LogP contribution >= 0.6 is 15.9 Å². The average molecular weight is 422 g/mol. The van der Waals surface area contributed by atoms with Crippen molar-refractivity contribution >= 4 is 27.6 Å². The summed E-state index contributed by atoms with van der Waals surface area (Å²) >= 11 is 3.75. The van der Waals surface area contributed by atoms with E-state index in [0.29, 0.717) is 18.8 Å². The Balaban J connectivity index is 2.26. The van der Waals surface area contributed by atoms with Gasteiger partial charge in [0, 0.05) is 10.0 Å². The van der Waals surface area contributed by atoms with Crippen molar-refractivity contribution < 1.29 is 14.7 Å². The van der Waals surface area contributed by atoms with Crippen LogP contribution < -0.4 is 0 Å². The number of fused-ring (bicyclic) bond motifs is 3. The first-order valence-electron chi connectivity index (χ1n) is 9.33. The molecule has 5 heteroatoms. The smallest absolute Gasteiger partial charge is 0.309 e. The molecule has 4 nitrogen and oxygen atoms in total. The minimum absolute atomic E-state index is 0.000509. The topological polar surface area (TPSA) is 58.9 Å². The molecule has 0 spiro atoms. The molecule has 0 saturated heterocycles. The minimum Gasteiger partial charge on any atom is -0.481 e. The van der Waals surface area contributed by atoms with Gasteiger partial charge in [-0.15, -0.1) is 0 Å². The number of carboxylic acids is 1. The summed E-state index contributed by atoms with van der Waals surface area (Å²) in [4.78, 5) is 17.3. The van der Waals surface area contributed by atoms with E-state index >= 15 is 0 Å². The van der Waals surface area contributed by atoms with Gasteiger partial charge in [-0.2, -0.15) is 0 Å². The summed E-state index contributed by atoms with van der Waals surface area (Å²) in [5.74, 6) is -0.314. The number of hydrogen-bond donors (Lipinski definition) is 1. The maximum atomic E-state index is 12.2. The maximum absolute atomic E-state index is 12.2. The fourth-order valence-corrected chi connectivity index (χ4v) is 5.95. The lowest BCUT2D eigenvalue weighted by Crippen LogP contribution is -2.53. The largest absolute Gasteiger partial charge is 0.481 e. The summed E-state index contributed by atoms with van der Waals surface area (Å²) in [7, 11) is 1.56. The number of oxime groups is 1. The Morgan fingerprint density at radius 2 is 2.04 bits per heavy atom. The number of carbonyl (C=O) groups is 1. The van der Waals surface area contributed by atoms with E-state index in [1.165, 1.54) is 11.1 Å². The van der Waals surface area contributed by atoms with E-state index in [2.05, 4.69) is 54.0 Å². The molecule has 0 aliphatic heterocycles. The van der Waals surface area contributed by atoms with Gasteiger partial charge in [-0.3, -0.25) is 4.79 Å². The van der Waals surface area contributed by atoms with Gasteiger partial charge in [-0.25, -0.2) is 0 Å². The highest BCUT2D eigenvalue weighted by Crippen LogP contribution is 2.58. The molecular weight excluding hydrogens is 394 g/mol. The zero-order chi connectivity index (χ0) is 19.3. The molecule has 142 valence electrons. The molecule has 0 amide bonds. The van der Waals surface area contributed by atoms with Gasteiger partial charge in [0.1, 0.15) is 7.11 Å². The van der Waals surface area contributed by atoms with Crippen molar-refractivity contribution in [2.75, 3.05) is 7.11 Å². The Bertz CT molecular complexity index is 773. The highest BCUT2D eigenvalue weighted by Gasteiger charge is 2.56. The lowest BCUT2D eigenvalue weighted by Gasteiger charge is -2.53. The van der Waals surface area contributed by atoms with Gasteiger partial charge in [-0.1, -0.05) is 48.3 Å². The first-order valence-corrected chi connectivity index (χ1v) is 10.1. The predicted molar refractivity (Wildman–Crippen MR) is 107 cm³/mol. The van der Waals surface area contributed by atoms with E-state index in [0.717, 1.165) is 28.6 Å². The van der Waals surface area contributed by atoms with Crippen LogP contribution in [-0.2, 0) is 15.0 Å². The summed E-state index contributed by atoms with van der Waals surface area (Å²) in [5, 5.41) is 14.3. The standard InChI is InChI=1S/C21H28BrNO3/c1-12(2)13-9-14-15(10-16(13)22)20(3)7-6-8-21(4,19(24)25)18(20)11-17(14)23-26-5/h9-10,12,18H,6-8,11H2,1-5H3,(H,24,25)/b23-17-/t18?,20-,21-/m1/s1. The molecule has 1 fully saturated rings. The Labute approximate surface area is 164 Å². The van der Waals surface area contributed by atoms with Crippen molar-refractivity contribution in [3.63, 3.8) is 0 Å². The number of benzene rings is 1. The Hall–Kier alpha value is -1.36. The molecule has 0 heterocycles. The summed E-state index contributed by atoms with van der Waals surface area (Å²) in [6, 6.07) is 4.42. The predicted octanol–water partition coefficient (Wildman–Crippen LogP) is 5.48. The zero-order valence-corrected chi connectivity index (χ0v) is 17.8. The number of rotatable bonds is 3. The van der Waals surface area contributed by atoms with Crippen LogP contribution in [0, 0.1) is 11.3 Å². The molecule has 1 N–H and O–H groups in total. The maximum Gasteiger partial charge on any atom is 0.309 e. The van der Waals surface area contributed by atoms with Crippen LogP contribution in [-0.4, -0.2) is 23.9 Å². The fraction of sp³-hybridized carbons (Fsp3) is 0.619. The SMILES string of the molecule is CO/N=C1/CC2[C@](C)(C(=O)O)CCC[C@]2(C)c2cc(Br)c(C(C)C)cc21. The second-order valence-electron chi connectivity index (χ2n) is 8.54. The molecule has 1 aromatic rings. The lowest BCUT2D eigenvalue weighted by atomic mass is 9.49. The van der Waals surface area contributed by atoms with E-state index in [4.69, 9.17) is 4.84 Å². The Kier molecular flexibility index (Phi) is 4.97. The van der Waals surface area contributed by atoms with Crippen molar-refractivity contribution in [3.8, 4) is 0 Å². The van der Waals surface area contributed by atoms with Crippen LogP contribution in [0.3, 0.4) is 0 Å². The zero-order valence-electron chi connectivity index (χ0n) is 16.2. The fourth-order valence-electron chi connectivity index (χ4n) is 5.15. The molecule has 0 aromatic heterocycles. The molecule has 2 aliphatic carbocycles. The van der Waals surface area contributed by atoms with Gasteiger partial charge >= 0.3 is 5.97 Å². The van der Waals surface area contributed by atoms with Crippen molar-refractivity contribution in [2.24, 2.45) is 16.5 Å².